The normalized spacial score (nSPS) is 11.7. The van der Waals surface area contributed by atoms with Crippen LogP contribution >= 0.6 is 0 Å². The number of rotatable bonds is 2. The molecule has 0 fully saturated rings. The molecule has 1 aromatic rings. The van der Waals surface area contributed by atoms with Crippen molar-refractivity contribution in [1.29, 1.82) is 5.26 Å². The summed E-state index contributed by atoms with van der Waals surface area (Å²) in [6, 6.07) is 6.36. The van der Waals surface area contributed by atoms with E-state index in [1.165, 1.54) is 12.1 Å². The number of benzene rings is 1. The van der Waals surface area contributed by atoms with Crippen LogP contribution in [0.15, 0.2) is 18.2 Å². The van der Waals surface area contributed by atoms with E-state index in [9.17, 15) is 10.1 Å². The highest BCUT2D eigenvalue weighted by Gasteiger charge is 2.13. The first kappa shape index (κ1) is 9.99. The Morgan fingerprint density at radius 3 is 2.71 bits per heavy atom. The molecule has 0 aliphatic carbocycles. The molecule has 14 heavy (non-hydrogen) atoms. The molecule has 1 aromatic carbocycles. The lowest BCUT2D eigenvalue weighted by molar-refractivity contribution is -0.383. The molecular formula is C9H9N3O2. The van der Waals surface area contributed by atoms with Crippen LogP contribution in [0.25, 0.3) is 0 Å². The molecule has 0 bridgehead atoms. The van der Waals surface area contributed by atoms with Crippen LogP contribution in [0.3, 0.4) is 0 Å². The molecule has 1 rings (SSSR count). The van der Waals surface area contributed by atoms with Crippen LogP contribution in [0.4, 0.5) is 11.4 Å². The Kier molecular flexibility index (Phi) is 2.67. The zero-order chi connectivity index (χ0) is 10.7. The van der Waals surface area contributed by atoms with Crippen molar-refractivity contribution in [2.45, 2.75) is 12.8 Å². The van der Waals surface area contributed by atoms with E-state index in [1.807, 2.05) is 6.07 Å². The molecule has 0 aliphatic heterocycles. The van der Waals surface area contributed by atoms with Crippen LogP contribution in [0.2, 0.25) is 0 Å². The number of anilines is 1. The average Bonchev–Trinajstić information content (AvgIpc) is 2.15. The van der Waals surface area contributed by atoms with Crippen molar-refractivity contribution in [2.24, 2.45) is 0 Å². The second-order valence-corrected chi connectivity index (χ2v) is 2.93. The summed E-state index contributed by atoms with van der Waals surface area (Å²) in [5.74, 6) is -0.307. The van der Waals surface area contributed by atoms with Crippen LogP contribution in [-0.2, 0) is 0 Å². The predicted molar refractivity (Wildman–Crippen MR) is 51.5 cm³/mol. The molecule has 0 heterocycles. The monoisotopic (exact) mass is 191 g/mol. The first-order valence-electron chi connectivity index (χ1n) is 3.99. The molecule has 0 amide bonds. The van der Waals surface area contributed by atoms with Gasteiger partial charge in [0.25, 0.3) is 5.69 Å². The molecule has 1 unspecified atom stereocenters. The van der Waals surface area contributed by atoms with Gasteiger partial charge < -0.3 is 5.73 Å². The Labute approximate surface area is 80.9 Å². The van der Waals surface area contributed by atoms with Crippen LogP contribution in [0, 0.1) is 21.4 Å². The number of hydrogen-bond acceptors (Lipinski definition) is 4. The van der Waals surface area contributed by atoms with Gasteiger partial charge >= 0.3 is 0 Å². The van der Waals surface area contributed by atoms with Crippen LogP contribution in [0.5, 0.6) is 0 Å². The van der Waals surface area contributed by atoms with E-state index in [4.69, 9.17) is 11.0 Å². The second kappa shape index (κ2) is 3.75. The molecule has 0 radical (unpaired) electrons. The number of nitriles is 1. The van der Waals surface area contributed by atoms with Crippen LogP contribution < -0.4 is 5.73 Å². The summed E-state index contributed by atoms with van der Waals surface area (Å²) in [5.41, 5.74) is 6.12. The smallest absolute Gasteiger partial charge is 0.292 e. The lowest BCUT2D eigenvalue weighted by Gasteiger charge is -2.03. The first-order valence-corrected chi connectivity index (χ1v) is 3.99. The molecule has 5 heteroatoms. The number of nitrogens with zero attached hydrogens (tertiary/aromatic N) is 2. The quantitative estimate of drug-likeness (QED) is 0.438. The van der Waals surface area contributed by atoms with E-state index in [0.29, 0.717) is 5.56 Å². The maximum Gasteiger partial charge on any atom is 0.292 e. The highest BCUT2D eigenvalue weighted by molar-refractivity contribution is 5.60. The van der Waals surface area contributed by atoms with Crippen molar-refractivity contribution in [3.8, 4) is 6.07 Å². The van der Waals surface area contributed by atoms with E-state index in [-0.39, 0.29) is 17.3 Å². The van der Waals surface area contributed by atoms with Gasteiger partial charge in [0, 0.05) is 6.07 Å². The summed E-state index contributed by atoms with van der Waals surface area (Å²) in [6.45, 7) is 1.71. The Hall–Kier alpha value is -2.09. The Bertz CT molecular complexity index is 409. The summed E-state index contributed by atoms with van der Waals surface area (Å²) >= 11 is 0. The highest BCUT2D eigenvalue weighted by Crippen LogP contribution is 2.25. The van der Waals surface area contributed by atoms with Gasteiger partial charge in [0.1, 0.15) is 5.69 Å². The molecule has 0 aliphatic rings. The third-order valence-corrected chi connectivity index (χ3v) is 1.94. The van der Waals surface area contributed by atoms with Crippen molar-refractivity contribution in [3.05, 3.63) is 33.9 Å². The minimum atomic E-state index is -0.545. The van der Waals surface area contributed by atoms with Crippen LogP contribution in [-0.4, -0.2) is 4.92 Å². The van der Waals surface area contributed by atoms with Gasteiger partial charge in [-0.05, 0) is 18.6 Å². The Morgan fingerprint density at radius 2 is 2.29 bits per heavy atom. The molecule has 0 aromatic heterocycles. The van der Waals surface area contributed by atoms with Gasteiger partial charge in [-0.1, -0.05) is 6.07 Å². The van der Waals surface area contributed by atoms with Gasteiger partial charge in [0.2, 0.25) is 0 Å². The fraction of sp³-hybridized carbons (Fsp3) is 0.222. The van der Waals surface area contributed by atoms with Gasteiger partial charge in [0.15, 0.2) is 0 Å². The summed E-state index contributed by atoms with van der Waals surface area (Å²) in [5, 5.41) is 19.1. The molecular weight excluding hydrogens is 182 g/mol. The van der Waals surface area contributed by atoms with E-state index < -0.39 is 4.92 Å². The minimum absolute atomic E-state index is 0.0922. The average molecular weight is 191 g/mol. The fourth-order valence-electron chi connectivity index (χ4n) is 1.08. The van der Waals surface area contributed by atoms with E-state index in [0.717, 1.165) is 0 Å². The fourth-order valence-corrected chi connectivity index (χ4v) is 1.08. The summed E-state index contributed by atoms with van der Waals surface area (Å²) in [7, 11) is 0. The number of nitro benzene ring substituents is 1. The molecule has 72 valence electrons. The first-order chi connectivity index (χ1) is 6.56. The third kappa shape index (κ3) is 1.80. The van der Waals surface area contributed by atoms with E-state index in [2.05, 4.69) is 0 Å². The molecule has 1 atom stereocenters. The Balaban J connectivity index is 3.14. The van der Waals surface area contributed by atoms with E-state index in [1.54, 1.807) is 13.0 Å². The maximum absolute atomic E-state index is 10.4. The number of nitrogens with two attached hydrogens (primary N) is 1. The number of hydrogen-bond donors (Lipinski definition) is 1. The van der Waals surface area contributed by atoms with Crippen molar-refractivity contribution >= 4 is 11.4 Å². The largest absolute Gasteiger partial charge is 0.393 e. The maximum atomic E-state index is 10.4. The van der Waals surface area contributed by atoms with Gasteiger partial charge in [-0.3, -0.25) is 10.1 Å². The van der Waals surface area contributed by atoms with Gasteiger partial charge in [-0.15, -0.1) is 0 Å². The molecule has 0 saturated heterocycles. The van der Waals surface area contributed by atoms with E-state index >= 15 is 0 Å². The lowest BCUT2D eigenvalue weighted by atomic mass is 10.0. The Morgan fingerprint density at radius 1 is 1.64 bits per heavy atom. The summed E-state index contributed by atoms with van der Waals surface area (Å²) in [4.78, 5) is 9.89. The third-order valence-electron chi connectivity index (χ3n) is 1.94. The summed E-state index contributed by atoms with van der Waals surface area (Å²) < 4.78 is 0. The standard InChI is InChI=1S/C9H9N3O2/c1-6(5-10)7-2-3-9(12(13)14)8(11)4-7/h2-4,6H,11H2,1H3. The highest BCUT2D eigenvalue weighted by atomic mass is 16.6. The lowest BCUT2D eigenvalue weighted by Crippen LogP contribution is -1.98. The zero-order valence-electron chi connectivity index (χ0n) is 7.60. The topological polar surface area (TPSA) is 92.9 Å². The molecule has 0 saturated carbocycles. The van der Waals surface area contributed by atoms with Crippen molar-refractivity contribution in [2.75, 3.05) is 5.73 Å². The minimum Gasteiger partial charge on any atom is -0.393 e. The van der Waals surface area contributed by atoms with Crippen molar-refractivity contribution in [1.82, 2.24) is 0 Å². The van der Waals surface area contributed by atoms with Gasteiger partial charge in [-0.25, -0.2) is 0 Å². The SMILES string of the molecule is CC(C#N)c1ccc([N+](=O)[O-])c(N)c1. The van der Waals surface area contributed by atoms with Crippen molar-refractivity contribution in [3.63, 3.8) is 0 Å². The second-order valence-electron chi connectivity index (χ2n) is 2.93. The summed E-state index contributed by atoms with van der Waals surface area (Å²) in [6.07, 6.45) is 0. The van der Waals surface area contributed by atoms with Crippen LogP contribution in [0.1, 0.15) is 18.4 Å². The molecule has 5 nitrogen and oxygen atoms in total. The zero-order valence-corrected chi connectivity index (χ0v) is 7.60. The molecule has 0 spiro atoms. The molecule has 2 N–H and O–H groups in total. The number of nitro groups is 1. The van der Waals surface area contributed by atoms with Gasteiger partial charge in [-0.2, -0.15) is 5.26 Å². The van der Waals surface area contributed by atoms with Crippen molar-refractivity contribution < 1.29 is 4.92 Å². The van der Waals surface area contributed by atoms with Gasteiger partial charge in [0.05, 0.1) is 16.9 Å². The predicted octanol–water partition coefficient (Wildman–Crippen LogP) is 1.80. The number of nitrogen functional groups attached to an aromatic ring is 1.